The van der Waals surface area contributed by atoms with Gasteiger partial charge < -0.3 is 16.0 Å². The van der Waals surface area contributed by atoms with E-state index in [0.29, 0.717) is 11.3 Å². The predicted molar refractivity (Wildman–Crippen MR) is 132 cm³/mol. The molecule has 0 radical (unpaired) electrons. The molecule has 2 aromatic carbocycles. The smallest absolute Gasteiger partial charge is 0.252 e. The highest BCUT2D eigenvalue weighted by atomic mass is 79.9. The van der Waals surface area contributed by atoms with Gasteiger partial charge in [0.25, 0.3) is 5.91 Å². The van der Waals surface area contributed by atoms with Crippen molar-refractivity contribution in [2.45, 2.75) is 16.9 Å². The summed E-state index contributed by atoms with van der Waals surface area (Å²) in [7, 11) is 0. The largest absolute Gasteiger partial charge is 0.339 e. The van der Waals surface area contributed by atoms with E-state index in [0.717, 1.165) is 19.0 Å². The highest BCUT2D eigenvalue weighted by molar-refractivity contribution is 9.11. The van der Waals surface area contributed by atoms with Crippen LogP contribution in [0.25, 0.3) is 0 Å². The van der Waals surface area contributed by atoms with Crippen LogP contribution >= 0.6 is 94.8 Å². The number of rotatable bonds is 4. The van der Waals surface area contributed by atoms with Gasteiger partial charge in [-0.2, -0.15) is 0 Å². The maximum atomic E-state index is 12.5. The number of benzene rings is 2. The second-order valence-corrected chi connectivity index (χ2v) is 11.1. The Hall–Kier alpha value is -0.0900. The first-order valence-corrected chi connectivity index (χ1v) is 11.6. The Labute approximate surface area is 208 Å². The molecule has 0 aliphatic heterocycles. The number of carbonyl (C=O) groups is 1. The van der Waals surface area contributed by atoms with Crippen LogP contribution in [0.2, 0.25) is 0 Å². The van der Waals surface area contributed by atoms with E-state index in [2.05, 4.69) is 63.7 Å². The van der Waals surface area contributed by atoms with Gasteiger partial charge in [-0.15, -0.1) is 0 Å². The van der Waals surface area contributed by atoms with Crippen molar-refractivity contribution in [3.63, 3.8) is 0 Å². The topological polar surface area (TPSA) is 53.2 Å². The van der Waals surface area contributed by atoms with Gasteiger partial charge in [-0.25, -0.2) is 0 Å². The van der Waals surface area contributed by atoms with Crippen molar-refractivity contribution < 1.29 is 4.79 Å². The molecule has 28 heavy (non-hydrogen) atoms. The van der Waals surface area contributed by atoms with Gasteiger partial charge in [-0.05, 0) is 93.0 Å². The molecule has 2 aromatic rings. The van der Waals surface area contributed by atoms with Gasteiger partial charge in [0, 0.05) is 19.0 Å². The number of carbonyl (C=O) groups excluding carboxylic acids is 1. The molecule has 1 atom stereocenters. The van der Waals surface area contributed by atoms with E-state index in [1.807, 2.05) is 19.1 Å². The quantitative estimate of drug-likeness (QED) is 0.196. The van der Waals surface area contributed by atoms with Crippen molar-refractivity contribution in [2.24, 2.45) is 0 Å². The zero-order valence-electron chi connectivity index (χ0n) is 14.1. The lowest BCUT2D eigenvalue weighted by Gasteiger charge is -2.28. The molecular weight excluding hydrogens is 640 g/mol. The molecule has 0 heterocycles. The lowest BCUT2D eigenvalue weighted by molar-refractivity contribution is 0.0934. The number of halogens is 6. The van der Waals surface area contributed by atoms with Gasteiger partial charge in [-0.1, -0.05) is 50.7 Å². The highest BCUT2D eigenvalue weighted by Crippen LogP contribution is 2.33. The molecule has 0 bridgehead atoms. The lowest BCUT2D eigenvalue weighted by atomic mass is 10.2. The molecule has 0 aliphatic carbocycles. The minimum absolute atomic E-state index is 0.165. The summed E-state index contributed by atoms with van der Waals surface area (Å²) in [4.78, 5) is 12.5. The minimum atomic E-state index is -1.85. The number of anilines is 1. The molecular formula is C17H13Br3Cl3N3OS. The number of thiocarbonyl (C=S) groups is 1. The molecule has 2 rings (SSSR count). The van der Waals surface area contributed by atoms with Crippen LogP contribution in [0.5, 0.6) is 0 Å². The molecule has 1 amide bonds. The summed E-state index contributed by atoms with van der Waals surface area (Å²) in [5, 5.41) is 8.65. The number of hydrogen-bond acceptors (Lipinski definition) is 2. The second-order valence-electron chi connectivity index (χ2n) is 5.66. The Morgan fingerprint density at radius 3 is 2.07 bits per heavy atom. The summed E-state index contributed by atoms with van der Waals surface area (Å²) < 4.78 is 0.596. The van der Waals surface area contributed by atoms with Gasteiger partial charge in [0.2, 0.25) is 3.79 Å². The molecule has 0 unspecified atom stereocenters. The predicted octanol–water partition coefficient (Wildman–Crippen LogP) is 6.70. The Kier molecular flexibility index (Phi) is 8.88. The molecule has 0 saturated carbocycles. The van der Waals surface area contributed by atoms with Crippen LogP contribution in [0.4, 0.5) is 5.69 Å². The SMILES string of the molecule is Cc1cc(Br)c(NC(=S)N[C@@H](NC(=O)c2ccc(Br)cc2)C(Cl)(Cl)Cl)c(Br)c1. The molecule has 0 saturated heterocycles. The van der Waals surface area contributed by atoms with E-state index in [4.69, 9.17) is 47.0 Å². The minimum Gasteiger partial charge on any atom is -0.339 e. The first-order valence-electron chi connectivity index (χ1n) is 7.63. The monoisotopic (exact) mass is 649 g/mol. The summed E-state index contributed by atoms with van der Waals surface area (Å²) in [5.74, 6) is -0.420. The standard InChI is InChI=1S/C17H13Br3Cl3N3OS/c1-8-6-11(19)13(12(20)7-8)24-16(28)26-15(17(21,22)23)25-14(27)9-2-4-10(18)5-3-9/h2-7,15H,1H3,(H,25,27)(H2,24,26,28)/t15-/m1/s1. The van der Waals surface area contributed by atoms with E-state index in [1.54, 1.807) is 24.3 Å². The average Bonchev–Trinajstić information content (AvgIpc) is 2.57. The van der Waals surface area contributed by atoms with E-state index < -0.39 is 15.9 Å². The van der Waals surface area contributed by atoms with Crippen molar-refractivity contribution in [3.05, 3.63) is 60.9 Å². The van der Waals surface area contributed by atoms with Gasteiger partial charge in [-0.3, -0.25) is 4.79 Å². The third-order valence-electron chi connectivity index (χ3n) is 3.41. The first kappa shape index (κ1) is 24.2. The van der Waals surface area contributed by atoms with E-state index >= 15 is 0 Å². The molecule has 0 fully saturated rings. The van der Waals surface area contributed by atoms with Gasteiger partial charge in [0.15, 0.2) is 5.11 Å². The Balaban J connectivity index is 2.13. The maximum Gasteiger partial charge on any atom is 0.252 e. The zero-order valence-corrected chi connectivity index (χ0v) is 22.0. The summed E-state index contributed by atoms with van der Waals surface area (Å²) in [6.07, 6.45) is -1.07. The average molecular weight is 653 g/mol. The van der Waals surface area contributed by atoms with E-state index in [1.165, 1.54) is 0 Å². The van der Waals surface area contributed by atoms with Crippen molar-refractivity contribution in [3.8, 4) is 0 Å². The van der Waals surface area contributed by atoms with Crippen molar-refractivity contribution in [1.29, 1.82) is 0 Å². The van der Waals surface area contributed by atoms with Crippen LogP contribution in [0, 0.1) is 6.92 Å². The van der Waals surface area contributed by atoms with Crippen LogP contribution < -0.4 is 16.0 Å². The molecule has 0 aliphatic rings. The van der Waals surface area contributed by atoms with Gasteiger partial charge in [0.1, 0.15) is 6.17 Å². The Morgan fingerprint density at radius 2 is 1.57 bits per heavy atom. The van der Waals surface area contributed by atoms with E-state index in [-0.39, 0.29) is 5.11 Å². The summed E-state index contributed by atoms with van der Waals surface area (Å²) in [6, 6.07) is 10.6. The first-order chi connectivity index (χ1) is 13.0. The second kappa shape index (κ2) is 10.3. The number of nitrogens with one attached hydrogen (secondary N) is 3. The van der Waals surface area contributed by atoms with Crippen LogP contribution in [0.15, 0.2) is 49.8 Å². The zero-order chi connectivity index (χ0) is 21.1. The van der Waals surface area contributed by atoms with Crippen LogP contribution in [-0.4, -0.2) is 21.0 Å². The van der Waals surface area contributed by atoms with Gasteiger partial charge >= 0.3 is 0 Å². The molecule has 11 heteroatoms. The Morgan fingerprint density at radius 1 is 1.04 bits per heavy atom. The number of hydrogen-bond donors (Lipinski definition) is 3. The summed E-state index contributed by atoms with van der Waals surface area (Å²) in [6.45, 7) is 1.96. The number of amides is 1. The molecule has 3 N–H and O–H groups in total. The van der Waals surface area contributed by atoms with Crippen LogP contribution in [-0.2, 0) is 0 Å². The summed E-state index contributed by atoms with van der Waals surface area (Å²) in [5.41, 5.74) is 2.17. The molecule has 4 nitrogen and oxygen atoms in total. The molecule has 0 aromatic heterocycles. The van der Waals surface area contributed by atoms with Crippen molar-refractivity contribution in [2.75, 3.05) is 5.32 Å². The highest BCUT2D eigenvalue weighted by Gasteiger charge is 2.35. The summed E-state index contributed by atoms with van der Waals surface area (Å²) >= 11 is 33.7. The van der Waals surface area contributed by atoms with Gasteiger partial charge in [0.05, 0.1) is 5.69 Å². The third-order valence-corrected chi connectivity index (χ3v) is 6.06. The fourth-order valence-electron chi connectivity index (χ4n) is 2.12. The normalized spacial score (nSPS) is 12.2. The fourth-order valence-corrected chi connectivity index (χ4v) is 4.54. The fraction of sp³-hybridized carbons (Fsp3) is 0.176. The van der Waals surface area contributed by atoms with E-state index in [9.17, 15) is 4.79 Å². The third kappa shape index (κ3) is 7.00. The molecule has 150 valence electrons. The van der Waals surface area contributed by atoms with Crippen LogP contribution in [0.1, 0.15) is 15.9 Å². The van der Waals surface area contributed by atoms with Crippen molar-refractivity contribution in [1.82, 2.24) is 10.6 Å². The lowest BCUT2D eigenvalue weighted by Crippen LogP contribution is -2.56. The maximum absolute atomic E-state index is 12.5. The van der Waals surface area contributed by atoms with Crippen LogP contribution in [0.3, 0.4) is 0 Å². The number of alkyl halides is 3. The van der Waals surface area contributed by atoms with Crippen molar-refractivity contribution >= 4 is 112 Å². The Bertz CT molecular complexity index is 868. The molecule has 0 spiro atoms. The number of aryl methyl sites for hydroxylation is 1.